The van der Waals surface area contributed by atoms with Gasteiger partial charge in [-0.2, -0.15) is 0 Å². The van der Waals surface area contributed by atoms with Gasteiger partial charge in [-0.1, -0.05) is 13.3 Å². The van der Waals surface area contributed by atoms with Crippen molar-refractivity contribution in [2.75, 3.05) is 0 Å². The summed E-state index contributed by atoms with van der Waals surface area (Å²) in [6, 6.07) is 2.10. The Morgan fingerprint density at radius 2 is 2.31 bits per heavy atom. The molecule has 0 bridgehead atoms. The summed E-state index contributed by atoms with van der Waals surface area (Å²) in [5, 5.41) is 2.38. The standard InChI is InChI=1S/C10H14BrClS/c1-3-8(7(2)12)6-10-9(11)4-5-13-10/h4-5,7-8H,3,6H2,1-2H3. The minimum Gasteiger partial charge on any atom is -0.148 e. The summed E-state index contributed by atoms with van der Waals surface area (Å²) in [7, 11) is 0. The molecule has 0 aliphatic carbocycles. The first kappa shape index (κ1) is 11.5. The molecular weight excluding hydrogens is 268 g/mol. The first-order valence-corrected chi connectivity index (χ1v) is 6.62. The number of alkyl halides is 1. The van der Waals surface area contributed by atoms with E-state index >= 15 is 0 Å². The van der Waals surface area contributed by atoms with Crippen LogP contribution in [0.4, 0.5) is 0 Å². The Labute approximate surface area is 97.4 Å². The van der Waals surface area contributed by atoms with E-state index < -0.39 is 0 Å². The van der Waals surface area contributed by atoms with Crippen LogP contribution in [0.15, 0.2) is 15.9 Å². The van der Waals surface area contributed by atoms with Crippen LogP contribution >= 0.6 is 38.9 Å². The van der Waals surface area contributed by atoms with Crippen LogP contribution in [0, 0.1) is 5.92 Å². The third-order valence-corrected chi connectivity index (χ3v) is 4.62. The van der Waals surface area contributed by atoms with E-state index in [2.05, 4.69) is 41.2 Å². The molecular formula is C10H14BrClS. The maximum atomic E-state index is 6.10. The largest absolute Gasteiger partial charge is 0.148 e. The summed E-state index contributed by atoms with van der Waals surface area (Å²) in [6.07, 6.45) is 2.24. The summed E-state index contributed by atoms with van der Waals surface area (Å²) < 4.78 is 1.23. The maximum Gasteiger partial charge on any atom is 0.0339 e. The molecule has 1 heterocycles. The quantitative estimate of drug-likeness (QED) is 0.701. The molecule has 74 valence electrons. The third kappa shape index (κ3) is 3.26. The van der Waals surface area contributed by atoms with Crippen LogP contribution < -0.4 is 0 Å². The molecule has 0 saturated carbocycles. The van der Waals surface area contributed by atoms with Crippen molar-refractivity contribution in [2.24, 2.45) is 5.92 Å². The highest BCUT2D eigenvalue weighted by Gasteiger charge is 2.15. The normalized spacial score (nSPS) is 15.7. The highest BCUT2D eigenvalue weighted by molar-refractivity contribution is 9.10. The SMILES string of the molecule is CCC(Cc1sccc1Br)C(C)Cl. The molecule has 2 unspecified atom stereocenters. The number of halogens is 2. The topological polar surface area (TPSA) is 0 Å². The van der Waals surface area contributed by atoms with E-state index in [1.807, 2.05) is 0 Å². The van der Waals surface area contributed by atoms with E-state index in [0.717, 1.165) is 12.8 Å². The molecule has 0 aliphatic rings. The average molecular weight is 282 g/mol. The zero-order valence-electron chi connectivity index (χ0n) is 7.89. The fraction of sp³-hybridized carbons (Fsp3) is 0.600. The van der Waals surface area contributed by atoms with E-state index in [1.165, 1.54) is 9.35 Å². The minimum absolute atomic E-state index is 0.263. The van der Waals surface area contributed by atoms with Crippen molar-refractivity contribution in [3.63, 3.8) is 0 Å². The molecule has 3 heteroatoms. The number of hydrogen-bond donors (Lipinski definition) is 0. The first-order chi connectivity index (χ1) is 6.15. The van der Waals surface area contributed by atoms with Crippen LogP contribution in [0.3, 0.4) is 0 Å². The van der Waals surface area contributed by atoms with Crippen LogP contribution in [-0.4, -0.2) is 5.38 Å². The number of rotatable bonds is 4. The summed E-state index contributed by atoms with van der Waals surface area (Å²) in [6.45, 7) is 4.28. The zero-order chi connectivity index (χ0) is 9.84. The Balaban J connectivity index is 2.62. The fourth-order valence-electron chi connectivity index (χ4n) is 1.34. The molecule has 1 aromatic heterocycles. The lowest BCUT2D eigenvalue weighted by Crippen LogP contribution is -2.12. The Morgan fingerprint density at radius 3 is 2.69 bits per heavy atom. The average Bonchev–Trinajstić information content (AvgIpc) is 2.46. The predicted octanol–water partition coefficient (Wildman–Crippen LogP) is 4.71. The Bertz CT molecular complexity index is 257. The lowest BCUT2D eigenvalue weighted by molar-refractivity contribution is 0.500. The second-order valence-electron chi connectivity index (χ2n) is 3.24. The summed E-state index contributed by atoms with van der Waals surface area (Å²) in [4.78, 5) is 1.42. The van der Waals surface area contributed by atoms with E-state index in [0.29, 0.717) is 5.92 Å². The first-order valence-electron chi connectivity index (χ1n) is 4.51. The van der Waals surface area contributed by atoms with E-state index in [9.17, 15) is 0 Å². The van der Waals surface area contributed by atoms with Crippen LogP contribution in [0.1, 0.15) is 25.1 Å². The van der Waals surface area contributed by atoms with Crippen LogP contribution in [0.5, 0.6) is 0 Å². The van der Waals surface area contributed by atoms with Gasteiger partial charge in [0.1, 0.15) is 0 Å². The van der Waals surface area contributed by atoms with Crippen molar-refractivity contribution in [1.29, 1.82) is 0 Å². The molecule has 0 fully saturated rings. The molecule has 0 nitrogen and oxygen atoms in total. The van der Waals surface area contributed by atoms with Crippen LogP contribution in [-0.2, 0) is 6.42 Å². The highest BCUT2D eigenvalue weighted by atomic mass is 79.9. The van der Waals surface area contributed by atoms with Gasteiger partial charge in [0, 0.05) is 14.7 Å². The van der Waals surface area contributed by atoms with Gasteiger partial charge in [-0.3, -0.25) is 0 Å². The van der Waals surface area contributed by atoms with Gasteiger partial charge in [0.2, 0.25) is 0 Å². The lowest BCUT2D eigenvalue weighted by atomic mass is 9.98. The van der Waals surface area contributed by atoms with Gasteiger partial charge < -0.3 is 0 Å². The van der Waals surface area contributed by atoms with Gasteiger partial charge in [0.05, 0.1) is 0 Å². The Hall–Kier alpha value is 0.470. The molecule has 1 aromatic rings. The van der Waals surface area contributed by atoms with Crippen molar-refractivity contribution in [1.82, 2.24) is 0 Å². The molecule has 0 spiro atoms. The summed E-state index contributed by atoms with van der Waals surface area (Å²) in [5.74, 6) is 0.594. The highest BCUT2D eigenvalue weighted by Crippen LogP contribution is 2.28. The van der Waals surface area contributed by atoms with Crippen molar-refractivity contribution >= 4 is 38.9 Å². The molecule has 0 amide bonds. The molecule has 0 aliphatic heterocycles. The second kappa shape index (κ2) is 5.38. The minimum atomic E-state index is 0.263. The van der Waals surface area contributed by atoms with Gasteiger partial charge in [-0.05, 0) is 46.6 Å². The Morgan fingerprint density at radius 1 is 1.62 bits per heavy atom. The lowest BCUT2D eigenvalue weighted by Gasteiger charge is -2.16. The monoisotopic (exact) mass is 280 g/mol. The zero-order valence-corrected chi connectivity index (χ0v) is 11.0. The van der Waals surface area contributed by atoms with Crippen molar-refractivity contribution in [3.8, 4) is 0 Å². The summed E-state index contributed by atoms with van der Waals surface area (Å²) in [5.41, 5.74) is 0. The Kier molecular flexibility index (Phi) is 4.77. The molecule has 0 radical (unpaired) electrons. The molecule has 1 rings (SSSR count). The molecule has 0 N–H and O–H groups in total. The van der Waals surface area contributed by atoms with Gasteiger partial charge in [0.25, 0.3) is 0 Å². The second-order valence-corrected chi connectivity index (χ2v) is 5.79. The predicted molar refractivity (Wildman–Crippen MR) is 64.8 cm³/mol. The van der Waals surface area contributed by atoms with E-state index in [1.54, 1.807) is 11.3 Å². The summed E-state index contributed by atoms with van der Waals surface area (Å²) >= 11 is 11.4. The molecule has 0 saturated heterocycles. The number of thiophene rings is 1. The molecule has 0 aromatic carbocycles. The fourth-order valence-corrected chi connectivity index (χ4v) is 3.22. The van der Waals surface area contributed by atoms with Gasteiger partial charge >= 0.3 is 0 Å². The van der Waals surface area contributed by atoms with Gasteiger partial charge in [0.15, 0.2) is 0 Å². The number of hydrogen-bond acceptors (Lipinski definition) is 1. The van der Waals surface area contributed by atoms with Crippen LogP contribution in [0.25, 0.3) is 0 Å². The van der Waals surface area contributed by atoms with E-state index in [-0.39, 0.29) is 5.38 Å². The van der Waals surface area contributed by atoms with Crippen molar-refractivity contribution in [2.45, 2.75) is 32.1 Å². The third-order valence-electron chi connectivity index (χ3n) is 2.31. The van der Waals surface area contributed by atoms with Crippen molar-refractivity contribution < 1.29 is 0 Å². The molecule has 2 atom stereocenters. The van der Waals surface area contributed by atoms with Crippen LogP contribution in [0.2, 0.25) is 0 Å². The molecule has 13 heavy (non-hydrogen) atoms. The van der Waals surface area contributed by atoms with Gasteiger partial charge in [-0.15, -0.1) is 22.9 Å². The smallest absolute Gasteiger partial charge is 0.0339 e. The van der Waals surface area contributed by atoms with Crippen molar-refractivity contribution in [3.05, 3.63) is 20.8 Å². The van der Waals surface area contributed by atoms with E-state index in [4.69, 9.17) is 11.6 Å². The maximum absolute atomic E-state index is 6.10. The van der Waals surface area contributed by atoms with Gasteiger partial charge in [-0.25, -0.2) is 0 Å².